The standard InChI is InChI=1S/C22H28FN5O2/c23-18-11-19(28(13-18)22(30)17-9-5-2-6-10-17)14-27-15-20(25-26-27)21(29)24-12-16-7-3-1-4-8-16/h1,3-4,7-8,15,17-19H,2,5-6,9-14H2,(H,24,29)/t18-,19-/m0/s1. The molecular formula is C22H28FN5O2. The topological polar surface area (TPSA) is 80.1 Å². The predicted octanol–water partition coefficient (Wildman–Crippen LogP) is 2.73. The number of amides is 2. The Labute approximate surface area is 175 Å². The lowest BCUT2D eigenvalue weighted by molar-refractivity contribution is -0.137. The highest BCUT2D eigenvalue weighted by molar-refractivity contribution is 5.91. The number of nitrogens with zero attached hydrogens (tertiary/aromatic N) is 4. The lowest BCUT2D eigenvalue weighted by Crippen LogP contribution is -2.42. The number of rotatable bonds is 6. The molecule has 1 aromatic carbocycles. The molecule has 2 atom stereocenters. The van der Waals surface area contributed by atoms with E-state index in [9.17, 15) is 14.0 Å². The number of likely N-dealkylation sites (tertiary alicyclic amines) is 1. The van der Waals surface area contributed by atoms with E-state index in [1.807, 2.05) is 30.3 Å². The molecule has 2 heterocycles. The van der Waals surface area contributed by atoms with Crippen molar-refractivity contribution in [2.24, 2.45) is 5.92 Å². The van der Waals surface area contributed by atoms with Crippen LogP contribution in [0.25, 0.3) is 0 Å². The van der Waals surface area contributed by atoms with Gasteiger partial charge in [0.05, 0.1) is 25.3 Å². The summed E-state index contributed by atoms with van der Waals surface area (Å²) >= 11 is 0. The molecule has 1 aromatic heterocycles. The number of carbonyl (C=O) groups is 2. The van der Waals surface area contributed by atoms with Gasteiger partial charge in [-0.1, -0.05) is 54.8 Å². The van der Waals surface area contributed by atoms with Crippen LogP contribution in [0.4, 0.5) is 4.39 Å². The maximum absolute atomic E-state index is 14.1. The van der Waals surface area contributed by atoms with Crippen molar-refractivity contribution in [2.75, 3.05) is 6.54 Å². The van der Waals surface area contributed by atoms with E-state index >= 15 is 0 Å². The highest BCUT2D eigenvalue weighted by Gasteiger charge is 2.38. The van der Waals surface area contributed by atoms with Crippen molar-refractivity contribution in [1.82, 2.24) is 25.2 Å². The number of aromatic nitrogens is 3. The zero-order valence-electron chi connectivity index (χ0n) is 17.0. The third-order valence-corrected chi connectivity index (χ3v) is 6.07. The average molecular weight is 413 g/mol. The van der Waals surface area contributed by atoms with Crippen LogP contribution >= 0.6 is 0 Å². The Balaban J connectivity index is 1.35. The Morgan fingerprint density at radius 2 is 1.90 bits per heavy atom. The summed E-state index contributed by atoms with van der Waals surface area (Å²) in [5.41, 5.74) is 1.21. The van der Waals surface area contributed by atoms with Crippen LogP contribution in [0.5, 0.6) is 0 Å². The van der Waals surface area contributed by atoms with E-state index < -0.39 is 6.17 Å². The fourth-order valence-corrected chi connectivity index (χ4v) is 4.46. The van der Waals surface area contributed by atoms with Crippen LogP contribution in [-0.4, -0.2) is 50.5 Å². The Morgan fingerprint density at radius 1 is 1.13 bits per heavy atom. The van der Waals surface area contributed by atoms with Crippen molar-refractivity contribution < 1.29 is 14.0 Å². The molecule has 2 fully saturated rings. The van der Waals surface area contributed by atoms with Gasteiger partial charge in [0, 0.05) is 18.9 Å². The molecule has 1 saturated heterocycles. The summed E-state index contributed by atoms with van der Waals surface area (Å²) in [6.45, 7) is 0.902. The van der Waals surface area contributed by atoms with E-state index in [1.165, 1.54) is 6.42 Å². The van der Waals surface area contributed by atoms with Crippen LogP contribution in [0, 0.1) is 5.92 Å². The summed E-state index contributed by atoms with van der Waals surface area (Å²) in [7, 11) is 0. The fourth-order valence-electron chi connectivity index (χ4n) is 4.46. The maximum atomic E-state index is 14.1. The third-order valence-electron chi connectivity index (χ3n) is 6.07. The Bertz CT molecular complexity index is 865. The average Bonchev–Trinajstić information content (AvgIpc) is 3.39. The van der Waals surface area contributed by atoms with Crippen LogP contribution in [-0.2, 0) is 17.9 Å². The summed E-state index contributed by atoms with van der Waals surface area (Å²) in [4.78, 5) is 27.0. The highest BCUT2D eigenvalue weighted by Crippen LogP contribution is 2.30. The van der Waals surface area contributed by atoms with Gasteiger partial charge in [-0.3, -0.25) is 9.59 Å². The molecule has 1 aliphatic heterocycles. The van der Waals surface area contributed by atoms with Gasteiger partial charge >= 0.3 is 0 Å². The molecule has 7 nitrogen and oxygen atoms in total. The summed E-state index contributed by atoms with van der Waals surface area (Å²) in [5.74, 6) is -0.225. The van der Waals surface area contributed by atoms with Crippen molar-refractivity contribution in [3.05, 3.63) is 47.8 Å². The minimum absolute atomic E-state index is 0.0154. The van der Waals surface area contributed by atoms with Crippen LogP contribution in [0.2, 0.25) is 0 Å². The summed E-state index contributed by atoms with van der Waals surface area (Å²) in [6, 6.07) is 9.36. The van der Waals surface area contributed by atoms with Crippen molar-refractivity contribution in [3.63, 3.8) is 0 Å². The van der Waals surface area contributed by atoms with Gasteiger partial charge in [-0.2, -0.15) is 0 Å². The van der Waals surface area contributed by atoms with Crippen molar-refractivity contribution in [3.8, 4) is 0 Å². The summed E-state index contributed by atoms with van der Waals surface area (Å²) in [6.07, 6.45) is 5.95. The second kappa shape index (κ2) is 9.36. The lowest BCUT2D eigenvalue weighted by atomic mass is 9.88. The predicted molar refractivity (Wildman–Crippen MR) is 109 cm³/mol. The molecule has 0 bridgehead atoms. The first-order valence-corrected chi connectivity index (χ1v) is 10.8. The van der Waals surface area contributed by atoms with Gasteiger partial charge in [-0.15, -0.1) is 5.10 Å². The quantitative estimate of drug-likeness (QED) is 0.790. The van der Waals surface area contributed by atoms with Crippen LogP contribution in [0.3, 0.4) is 0 Å². The SMILES string of the molecule is O=C(NCc1ccccc1)c1cn(C[C@@H]2C[C@H](F)CN2C(=O)C2CCCCC2)nn1. The maximum Gasteiger partial charge on any atom is 0.273 e. The number of halogens is 1. The Morgan fingerprint density at radius 3 is 2.67 bits per heavy atom. The molecule has 160 valence electrons. The molecule has 2 amide bonds. The largest absolute Gasteiger partial charge is 0.347 e. The zero-order valence-corrected chi connectivity index (χ0v) is 17.0. The monoisotopic (exact) mass is 413 g/mol. The number of alkyl halides is 1. The molecule has 0 unspecified atom stereocenters. The fraction of sp³-hybridized carbons (Fsp3) is 0.545. The van der Waals surface area contributed by atoms with Crippen LogP contribution in [0.15, 0.2) is 36.5 Å². The molecular weight excluding hydrogens is 385 g/mol. The Hall–Kier alpha value is -2.77. The van der Waals surface area contributed by atoms with Crippen LogP contribution in [0.1, 0.15) is 54.6 Å². The number of benzene rings is 1. The van der Waals surface area contributed by atoms with E-state index in [-0.39, 0.29) is 36.0 Å². The molecule has 2 aromatic rings. The molecule has 1 aliphatic carbocycles. The van der Waals surface area contributed by atoms with E-state index in [4.69, 9.17) is 0 Å². The van der Waals surface area contributed by atoms with Gasteiger partial charge in [0.25, 0.3) is 5.91 Å². The highest BCUT2D eigenvalue weighted by atomic mass is 19.1. The zero-order chi connectivity index (χ0) is 20.9. The van der Waals surface area contributed by atoms with E-state index in [2.05, 4.69) is 15.6 Å². The van der Waals surface area contributed by atoms with Gasteiger partial charge < -0.3 is 10.2 Å². The minimum Gasteiger partial charge on any atom is -0.347 e. The molecule has 0 spiro atoms. The first kappa shape index (κ1) is 20.5. The smallest absolute Gasteiger partial charge is 0.273 e. The molecule has 8 heteroatoms. The molecule has 4 rings (SSSR count). The van der Waals surface area contributed by atoms with E-state index in [0.29, 0.717) is 19.5 Å². The second-order valence-electron chi connectivity index (χ2n) is 8.31. The Kier molecular flexibility index (Phi) is 6.40. The van der Waals surface area contributed by atoms with Gasteiger partial charge in [0.1, 0.15) is 6.17 Å². The molecule has 2 aliphatic rings. The normalized spacial score (nSPS) is 22.2. The molecule has 1 N–H and O–H groups in total. The van der Waals surface area contributed by atoms with Gasteiger partial charge in [0.15, 0.2) is 5.69 Å². The number of nitrogens with one attached hydrogen (secondary N) is 1. The third kappa shape index (κ3) is 4.86. The first-order valence-electron chi connectivity index (χ1n) is 10.8. The summed E-state index contributed by atoms with van der Waals surface area (Å²) < 4.78 is 15.7. The number of hydrogen-bond donors (Lipinski definition) is 1. The minimum atomic E-state index is -1.01. The van der Waals surface area contributed by atoms with Crippen LogP contribution < -0.4 is 5.32 Å². The number of carbonyl (C=O) groups excluding carboxylic acids is 2. The number of hydrogen-bond acceptors (Lipinski definition) is 4. The van der Waals surface area contributed by atoms with E-state index in [1.54, 1.807) is 15.8 Å². The second-order valence-corrected chi connectivity index (χ2v) is 8.31. The molecule has 30 heavy (non-hydrogen) atoms. The lowest BCUT2D eigenvalue weighted by Gasteiger charge is -2.30. The van der Waals surface area contributed by atoms with Gasteiger partial charge in [0.2, 0.25) is 5.91 Å². The van der Waals surface area contributed by atoms with Crippen molar-refractivity contribution in [1.29, 1.82) is 0 Å². The van der Waals surface area contributed by atoms with Crippen molar-refractivity contribution in [2.45, 2.75) is 63.8 Å². The summed E-state index contributed by atoms with van der Waals surface area (Å²) in [5, 5.41) is 10.8. The molecule has 0 radical (unpaired) electrons. The van der Waals surface area contributed by atoms with Gasteiger partial charge in [-0.05, 0) is 18.4 Å². The van der Waals surface area contributed by atoms with Gasteiger partial charge in [-0.25, -0.2) is 9.07 Å². The van der Waals surface area contributed by atoms with E-state index in [0.717, 1.165) is 31.2 Å². The molecule has 1 saturated carbocycles. The first-order chi connectivity index (χ1) is 14.6. The van der Waals surface area contributed by atoms with Crippen molar-refractivity contribution >= 4 is 11.8 Å².